The predicted octanol–water partition coefficient (Wildman–Crippen LogP) is 6.53. The second-order valence-electron chi connectivity index (χ2n) is 6.52. The number of rotatable bonds is 0. The molecule has 6 aromatic rings. The fourth-order valence-corrected chi connectivity index (χ4v) is 3.42. The van der Waals surface area contributed by atoms with Crippen LogP contribution in [0.4, 0.5) is 0 Å². The molecule has 0 atom stereocenters. The van der Waals surface area contributed by atoms with Crippen LogP contribution in [-0.2, 0) is 0 Å². The number of hydrogen-bond donors (Lipinski definition) is 0. The average Bonchev–Trinajstić information content (AvgIpc) is 3.13. The number of para-hydroxylation sites is 4. The minimum atomic E-state index is 0.0347. The Morgan fingerprint density at radius 1 is 0.393 bits per heavy atom. The highest BCUT2D eigenvalue weighted by Crippen LogP contribution is 2.27. The highest BCUT2D eigenvalue weighted by atomic mass is 16.3. The van der Waals surface area contributed by atoms with Gasteiger partial charge in [0.25, 0.3) is 0 Å². The molecule has 0 saturated carbocycles. The summed E-state index contributed by atoms with van der Waals surface area (Å²) in [5, 5.41) is 3.66. The van der Waals surface area contributed by atoms with Gasteiger partial charge >= 0.3 is 0 Å². The second kappa shape index (κ2) is 6.71. The van der Waals surface area contributed by atoms with Gasteiger partial charge in [0, 0.05) is 10.8 Å². The maximum absolute atomic E-state index is 12.0. The van der Waals surface area contributed by atoms with Gasteiger partial charge < -0.3 is 8.83 Å². The molecule has 0 amide bonds. The van der Waals surface area contributed by atoms with E-state index in [1.807, 2.05) is 72.8 Å². The van der Waals surface area contributed by atoms with Gasteiger partial charge in [-0.05, 0) is 36.4 Å². The van der Waals surface area contributed by atoms with Gasteiger partial charge in [0.1, 0.15) is 22.3 Å². The summed E-state index contributed by atoms with van der Waals surface area (Å²) in [4.78, 5) is 12.0. The second-order valence-corrected chi connectivity index (χ2v) is 6.52. The molecule has 0 fully saturated rings. The zero-order chi connectivity index (χ0) is 18.9. The summed E-state index contributed by atoms with van der Waals surface area (Å²) < 4.78 is 11.3. The van der Waals surface area contributed by atoms with E-state index in [-0.39, 0.29) is 5.43 Å². The van der Waals surface area contributed by atoms with E-state index in [0.29, 0.717) is 21.9 Å². The normalized spacial score (nSPS) is 11.0. The van der Waals surface area contributed by atoms with E-state index in [9.17, 15) is 4.79 Å². The van der Waals surface area contributed by atoms with Crippen molar-refractivity contribution in [2.45, 2.75) is 0 Å². The summed E-state index contributed by atoms with van der Waals surface area (Å²) in [5.41, 5.74) is 3.24. The Hall–Kier alpha value is -3.85. The lowest BCUT2D eigenvalue weighted by molar-refractivity contribution is 0.660. The number of fused-ring (bicyclic) bond motifs is 5. The molecule has 0 radical (unpaired) electrons. The van der Waals surface area contributed by atoms with E-state index in [1.165, 1.54) is 10.8 Å². The van der Waals surface area contributed by atoms with Gasteiger partial charge in [-0.2, -0.15) is 0 Å². The minimum absolute atomic E-state index is 0.0347. The summed E-state index contributed by atoms with van der Waals surface area (Å²) in [6.07, 6.45) is 0. The molecule has 28 heavy (non-hydrogen) atoms. The molecule has 0 unspecified atom stereocenters. The average molecular weight is 364 g/mol. The Morgan fingerprint density at radius 2 is 0.679 bits per heavy atom. The lowest BCUT2D eigenvalue weighted by Crippen LogP contribution is -2.01. The summed E-state index contributed by atoms with van der Waals surface area (Å²) in [5.74, 6) is 0. The summed E-state index contributed by atoms with van der Waals surface area (Å²) in [6.45, 7) is 0. The quantitative estimate of drug-likeness (QED) is 0.288. The van der Waals surface area contributed by atoms with Crippen molar-refractivity contribution in [1.82, 2.24) is 0 Å². The Kier molecular flexibility index (Phi) is 3.91. The first-order valence-corrected chi connectivity index (χ1v) is 9.08. The van der Waals surface area contributed by atoms with Gasteiger partial charge in [0.15, 0.2) is 0 Å². The van der Waals surface area contributed by atoms with Crippen LogP contribution in [0.2, 0.25) is 0 Å². The van der Waals surface area contributed by atoms with Crippen molar-refractivity contribution in [3.05, 3.63) is 107 Å². The standard InChI is InChI=1S/C13H8O2.C12H8O/c14-13-9-5-1-3-7-11(9)15-12-8-4-2-6-10(12)13;1-3-7-11-9(5-1)10-6-2-4-8-12(10)13-11/h1-8H;1-8H. The largest absolute Gasteiger partial charge is 0.456 e. The monoisotopic (exact) mass is 364 g/mol. The van der Waals surface area contributed by atoms with Crippen LogP contribution in [0.3, 0.4) is 0 Å². The van der Waals surface area contributed by atoms with Crippen molar-refractivity contribution in [2.75, 3.05) is 0 Å². The van der Waals surface area contributed by atoms with Crippen LogP contribution in [0.1, 0.15) is 0 Å². The Morgan fingerprint density at radius 3 is 1.07 bits per heavy atom. The van der Waals surface area contributed by atoms with E-state index in [4.69, 9.17) is 8.83 Å². The summed E-state index contributed by atoms with van der Waals surface area (Å²) >= 11 is 0. The number of furan rings is 1. The van der Waals surface area contributed by atoms with Crippen molar-refractivity contribution >= 4 is 43.9 Å². The number of hydrogen-bond acceptors (Lipinski definition) is 3. The molecule has 0 saturated heterocycles. The van der Waals surface area contributed by atoms with Crippen LogP contribution in [0.15, 0.2) is 111 Å². The summed E-state index contributed by atoms with van der Waals surface area (Å²) in [7, 11) is 0. The van der Waals surface area contributed by atoms with Gasteiger partial charge in [-0.15, -0.1) is 0 Å². The molecule has 3 nitrogen and oxygen atoms in total. The molecule has 0 aliphatic carbocycles. The van der Waals surface area contributed by atoms with Crippen LogP contribution in [0, 0.1) is 0 Å². The molecule has 2 aromatic heterocycles. The lowest BCUT2D eigenvalue weighted by Gasteiger charge is -1.99. The van der Waals surface area contributed by atoms with Gasteiger partial charge in [0.2, 0.25) is 5.43 Å². The lowest BCUT2D eigenvalue weighted by atomic mass is 10.1. The Labute approximate surface area is 160 Å². The molecule has 3 heteroatoms. The van der Waals surface area contributed by atoms with Crippen LogP contribution in [-0.4, -0.2) is 0 Å². The van der Waals surface area contributed by atoms with Crippen molar-refractivity contribution in [3.8, 4) is 0 Å². The van der Waals surface area contributed by atoms with Gasteiger partial charge in [-0.25, -0.2) is 0 Å². The van der Waals surface area contributed by atoms with E-state index >= 15 is 0 Å². The first kappa shape index (κ1) is 16.3. The predicted molar refractivity (Wildman–Crippen MR) is 114 cm³/mol. The van der Waals surface area contributed by atoms with Crippen molar-refractivity contribution in [3.63, 3.8) is 0 Å². The third kappa shape index (κ3) is 2.74. The summed E-state index contributed by atoms with van der Waals surface area (Å²) in [6, 6.07) is 30.8. The van der Waals surface area contributed by atoms with Crippen LogP contribution >= 0.6 is 0 Å². The van der Waals surface area contributed by atoms with E-state index in [0.717, 1.165) is 11.2 Å². The van der Waals surface area contributed by atoms with Crippen LogP contribution in [0.25, 0.3) is 43.9 Å². The van der Waals surface area contributed by atoms with Crippen molar-refractivity contribution in [1.29, 1.82) is 0 Å². The molecule has 0 N–H and O–H groups in total. The molecule has 2 heterocycles. The van der Waals surface area contributed by atoms with E-state index in [1.54, 1.807) is 12.1 Å². The zero-order valence-electron chi connectivity index (χ0n) is 15.0. The maximum atomic E-state index is 12.0. The molecular formula is C25H16O3. The van der Waals surface area contributed by atoms with E-state index < -0.39 is 0 Å². The molecule has 0 aliphatic rings. The zero-order valence-corrected chi connectivity index (χ0v) is 15.0. The Bertz CT molecular complexity index is 1380. The van der Waals surface area contributed by atoms with Gasteiger partial charge in [-0.1, -0.05) is 60.7 Å². The molecule has 6 rings (SSSR count). The molecule has 0 bridgehead atoms. The van der Waals surface area contributed by atoms with Crippen LogP contribution < -0.4 is 5.43 Å². The van der Waals surface area contributed by atoms with Crippen molar-refractivity contribution < 1.29 is 8.83 Å². The van der Waals surface area contributed by atoms with Crippen LogP contribution in [0.5, 0.6) is 0 Å². The molecule has 4 aromatic carbocycles. The third-order valence-corrected chi connectivity index (χ3v) is 4.77. The number of benzene rings is 4. The van der Waals surface area contributed by atoms with Crippen molar-refractivity contribution in [2.24, 2.45) is 0 Å². The van der Waals surface area contributed by atoms with Gasteiger partial charge in [0.05, 0.1) is 10.8 Å². The van der Waals surface area contributed by atoms with E-state index in [2.05, 4.69) is 12.1 Å². The molecule has 0 aliphatic heterocycles. The minimum Gasteiger partial charge on any atom is -0.456 e. The molecule has 0 spiro atoms. The highest BCUT2D eigenvalue weighted by molar-refractivity contribution is 6.04. The fraction of sp³-hybridized carbons (Fsp3) is 0. The smallest absolute Gasteiger partial charge is 0.200 e. The highest BCUT2D eigenvalue weighted by Gasteiger charge is 2.05. The van der Waals surface area contributed by atoms with Gasteiger partial charge in [-0.3, -0.25) is 4.79 Å². The fourth-order valence-electron chi connectivity index (χ4n) is 3.42. The molecular weight excluding hydrogens is 348 g/mol. The maximum Gasteiger partial charge on any atom is 0.200 e. The Balaban J connectivity index is 0.000000123. The topological polar surface area (TPSA) is 43.4 Å². The molecule has 134 valence electrons. The third-order valence-electron chi connectivity index (χ3n) is 4.77. The SMILES string of the molecule is O=c1c2ccccc2oc2ccccc12.c1ccc2c(c1)oc1ccccc12. The first-order chi connectivity index (χ1) is 13.8. The first-order valence-electron chi connectivity index (χ1n) is 9.08.